The maximum absolute atomic E-state index is 10.8. The number of carboxylic acids is 2. The van der Waals surface area contributed by atoms with E-state index in [0.29, 0.717) is 12.2 Å². The van der Waals surface area contributed by atoms with Gasteiger partial charge in [0, 0.05) is 12.2 Å². The fraction of sp³-hybridized carbons (Fsp3) is 0.556. The van der Waals surface area contributed by atoms with E-state index in [2.05, 4.69) is 0 Å². The third-order valence-electron chi connectivity index (χ3n) is 2.74. The number of ether oxygens (including phenoxy) is 2. The Morgan fingerprint density at radius 1 is 0.741 bits per heavy atom. The average Bonchev–Trinajstić information content (AvgIpc) is 2.52. The molecule has 2 atom stereocenters. The molecule has 0 N–H and O–H groups in total. The Morgan fingerprint density at radius 3 is 1.26 bits per heavy atom. The van der Waals surface area contributed by atoms with Gasteiger partial charge in [0.15, 0.2) is 0 Å². The van der Waals surface area contributed by atoms with Crippen LogP contribution in [0.4, 0.5) is 0 Å². The smallest absolute Gasteiger partial charge is 0.545 e. The molecule has 0 aromatic rings. The quantitative estimate of drug-likeness (QED) is 0.242. The van der Waals surface area contributed by atoms with E-state index >= 15 is 0 Å². The molecule has 0 bridgehead atoms. The van der Waals surface area contributed by atoms with Crippen molar-refractivity contribution in [1.29, 1.82) is 0 Å². The second kappa shape index (κ2) is 19.1. The second-order valence-corrected chi connectivity index (χ2v) is 5.38. The van der Waals surface area contributed by atoms with Gasteiger partial charge in [-0.3, -0.25) is 0 Å². The van der Waals surface area contributed by atoms with Crippen molar-refractivity contribution in [3.63, 3.8) is 0 Å². The van der Waals surface area contributed by atoms with Crippen LogP contribution < -0.4 is 10.2 Å². The van der Waals surface area contributed by atoms with Gasteiger partial charge < -0.3 is 29.3 Å². The summed E-state index contributed by atoms with van der Waals surface area (Å²) < 4.78 is 9.65. The van der Waals surface area contributed by atoms with E-state index in [-0.39, 0.29) is 39.5 Å². The number of aliphatic carboxylic acids is 2. The molecule has 0 saturated heterocycles. The first-order valence-corrected chi connectivity index (χ1v) is 8.31. The molecule has 0 aromatic carbocycles. The molecule has 0 radical (unpaired) electrons. The topological polar surface area (TPSA) is 133 Å². The van der Waals surface area contributed by atoms with Crippen molar-refractivity contribution < 1.29 is 66.2 Å². The molecule has 9 heteroatoms. The average molecular weight is 483 g/mol. The van der Waals surface area contributed by atoms with Gasteiger partial charge in [-0.15, -0.1) is 0 Å². The van der Waals surface area contributed by atoms with Gasteiger partial charge in [-0.25, -0.2) is 9.59 Å². The van der Waals surface area contributed by atoms with Crippen LogP contribution in [-0.2, 0) is 56.0 Å². The Kier molecular flexibility index (Phi) is 21.2. The van der Waals surface area contributed by atoms with Gasteiger partial charge in [0.2, 0.25) is 0 Å². The van der Waals surface area contributed by atoms with Crippen molar-refractivity contribution in [2.45, 2.75) is 65.6 Å². The van der Waals surface area contributed by atoms with Crippen LogP contribution in [-0.4, -0.2) is 36.1 Å². The van der Waals surface area contributed by atoms with Gasteiger partial charge in [0.25, 0.3) is 0 Å². The summed E-state index contributed by atoms with van der Waals surface area (Å²) in [5.41, 5.74) is 0. The number of hydrogen-bond donors (Lipinski definition) is 0. The monoisotopic (exact) mass is 484 g/mol. The minimum absolute atomic E-state index is 0. The van der Waals surface area contributed by atoms with E-state index in [1.165, 1.54) is 0 Å². The number of carbonyl (C=O) groups excluding carboxylic acids is 4. The van der Waals surface area contributed by atoms with Crippen LogP contribution in [0.3, 0.4) is 0 Å². The summed E-state index contributed by atoms with van der Waals surface area (Å²) in [6.07, 6.45) is 6.02. The summed E-state index contributed by atoms with van der Waals surface area (Å²) in [6, 6.07) is 0. The summed E-state index contributed by atoms with van der Waals surface area (Å²) in [5, 5.41) is 19.8. The van der Waals surface area contributed by atoms with Gasteiger partial charge >= 0.3 is 39.2 Å². The second-order valence-electron chi connectivity index (χ2n) is 5.38. The number of carboxylic acid groups (broad SMARTS) is 2. The molecule has 0 heterocycles. The molecule has 8 nitrogen and oxygen atoms in total. The SMILES string of the molecule is CCCC(C)OC(=O)/C=C\C(=O)[O-].CCCC(C)OC(=O)/C=C\C(=O)[O-].[Cd+2]. The third kappa shape index (κ3) is 24.3. The molecule has 0 aromatic heterocycles. The molecule has 0 aliphatic heterocycles. The molecule has 0 rings (SSSR count). The Bertz CT molecular complexity index is 467. The van der Waals surface area contributed by atoms with Gasteiger partial charge in [-0.1, -0.05) is 26.7 Å². The number of rotatable bonds is 10. The number of esters is 2. The standard InChI is InChI=1S/2C9H14O4.Cd/c2*1-3-4-7(2)13-9(12)6-5-8(10)11;/h2*5-7H,3-4H2,1-2H3,(H,10,11);/q;;+2/p-2/b2*6-5-;. The van der Waals surface area contributed by atoms with Crippen LogP contribution in [0, 0.1) is 0 Å². The first-order chi connectivity index (χ1) is 12.1. The zero-order valence-corrected chi connectivity index (χ0v) is 20.3. The molecule has 0 aliphatic carbocycles. The maximum atomic E-state index is 10.8. The Labute approximate surface area is 179 Å². The van der Waals surface area contributed by atoms with Crippen LogP contribution in [0.1, 0.15) is 53.4 Å². The van der Waals surface area contributed by atoms with Crippen molar-refractivity contribution >= 4 is 23.9 Å². The van der Waals surface area contributed by atoms with Crippen LogP contribution >= 0.6 is 0 Å². The zero-order valence-electron chi connectivity index (χ0n) is 16.3. The fourth-order valence-electron chi connectivity index (χ4n) is 1.68. The van der Waals surface area contributed by atoms with Gasteiger partial charge in [0.05, 0.1) is 24.1 Å². The molecule has 2 unspecified atom stereocenters. The van der Waals surface area contributed by atoms with Crippen LogP contribution in [0.15, 0.2) is 24.3 Å². The van der Waals surface area contributed by atoms with Crippen LogP contribution in [0.25, 0.3) is 0 Å². The van der Waals surface area contributed by atoms with Crippen molar-refractivity contribution in [3.05, 3.63) is 24.3 Å². The van der Waals surface area contributed by atoms with E-state index in [1.807, 2.05) is 13.8 Å². The van der Waals surface area contributed by atoms with Gasteiger partial charge in [0.1, 0.15) is 0 Å². The molecule has 0 spiro atoms. The summed E-state index contributed by atoms with van der Waals surface area (Å²) >= 11 is 0. The molecule has 0 saturated carbocycles. The van der Waals surface area contributed by atoms with Crippen LogP contribution in [0.2, 0.25) is 0 Å². The minimum atomic E-state index is -1.40. The summed E-state index contributed by atoms with van der Waals surface area (Å²) in [4.78, 5) is 41.5. The Hall–Kier alpha value is -1.72. The molecule has 0 fully saturated rings. The van der Waals surface area contributed by atoms with E-state index in [9.17, 15) is 29.4 Å². The fourth-order valence-corrected chi connectivity index (χ4v) is 1.68. The molecular formula is C18H26CdO8. The summed E-state index contributed by atoms with van der Waals surface area (Å²) in [5.74, 6) is -4.10. The summed E-state index contributed by atoms with van der Waals surface area (Å²) in [7, 11) is 0. The summed E-state index contributed by atoms with van der Waals surface area (Å²) in [6.45, 7) is 7.46. The van der Waals surface area contributed by atoms with Crippen molar-refractivity contribution in [2.24, 2.45) is 0 Å². The van der Waals surface area contributed by atoms with Gasteiger partial charge in [-0.05, 0) is 38.8 Å². The number of carbonyl (C=O) groups is 4. The van der Waals surface area contributed by atoms with E-state index in [1.54, 1.807) is 13.8 Å². The predicted molar refractivity (Wildman–Crippen MR) is 89.2 cm³/mol. The molecular weight excluding hydrogens is 457 g/mol. The van der Waals surface area contributed by atoms with Crippen molar-refractivity contribution in [2.75, 3.05) is 0 Å². The zero-order chi connectivity index (χ0) is 20.5. The molecule has 27 heavy (non-hydrogen) atoms. The minimum Gasteiger partial charge on any atom is -0.545 e. The Balaban J connectivity index is -0.000000411. The van der Waals surface area contributed by atoms with Gasteiger partial charge in [-0.2, -0.15) is 0 Å². The first kappa shape index (κ1) is 30.0. The first-order valence-electron chi connectivity index (χ1n) is 8.31. The largest absolute Gasteiger partial charge is 2.00 e. The van der Waals surface area contributed by atoms with E-state index in [4.69, 9.17) is 9.47 Å². The van der Waals surface area contributed by atoms with E-state index < -0.39 is 23.9 Å². The number of hydrogen-bond acceptors (Lipinski definition) is 8. The Morgan fingerprint density at radius 2 is 1.04 bits per heavy atom. The van der Waals surface area contributed by atoms with E-state index in [0.717, 1.165) is 37.8 Å². The van der Waals surface area contributed by atoms with Crippen LogP contribution in [0.5, 0.6) is 0 Å². The molecule has 148 valence electrons. The predicted octanol–water partition coefficient (Wildman–Crippen LogP) is 0.0461. The molecule has 0 amide bonds. The van der Waals surface area contributed by atoms with Crippen molar-refractivity contribution in [3.8, 4) is 0 Å². The maximum Gasteiger partial charge on any atom is 2.00 e. The normalized spacial score (nSPS) is 12.3. The third-order valence-corrected chi connectivity index (χ3v) is 2.74. The molecule has 0 aliphatic rings. The van der Waals surface area contributed by atoms with Crippen molar-refractivity contribution in [1.82, 2.24) is 0 Å².